The van der Waals surface area contributed by atoms with Crippen molar-refractivity contribution in [2.24, 2.45) is 5.92 Å². The summed E-state index contributed by atoms with van der Waals surface area (Å²) < 4.78 is 11.7. The van der Waals surface area contributed by atoms with Crippen LogP contribution in [0.1, 0.15) is 78.9 Å². The maximum atomic E-state index is 12.9. The van der Waals surface area contributed by atoms with Crippen molar-refractivity contribution < 1.29 is 24.2 Å². The number of aryl methyl sites for hydroxylation is 1. The molecule has 1 aliphatic heterocycles. The number of Topliss-reactive ketones (excluding diaryl/α,β-unsaturated/α-hetero) is 1. The van der Waals surface area contributed by atoms with E-state index in [9.17, 15) is 14.7 Å². The van der Waals surface area contributed by atoms with Crippen LogP contribution in [-0.4, -0.2) is 29.6 Å². The van der Waals surface area contributed by atoms with Crippen LogP contribution in [0.5, 0.6) is 11.5 Å². The van der Waals surface area contributed by atoms with Gasteiger partial charge in [-0.2, -0.15) is 0 Å². The Kier molecular flexibility index (Phi) is 8.04. The third-order valence-electron chi connectivity index (χ3n) is 6.76. The van der Waals surface area contributed by atoms with Crippen LogP contribution in [-0.2, 0) is 22.4 Å². The third kappa shape index (κ3) is 6.28. The lowest BCUT2D eigenvalue weighted by Gasteiger charge is -2.24. The molecule has 5 nitrogen and oxygen atoms in total. The minimum Gasteiger partial charge on any atom is -0.507 e. The molecule has 5 heteroatoms. The van der Waals surface area contributed by atoms with Gasteiger partial charge in [0.15, 0.2) is 0 Å². The second kappa shape index (κ2) is 11.4. The second-order valence-corrected chi connectivity index (χ2v) is 9.54. The molecular weight excluding hydrogens is 428 g/mol. The van der Waals surface area contributed by atoms with E-state index in [-0.39, 0.29) is 23.2 Å². The molecule has 0 fully saturated rings. The van der Waals surface area contributed by atoms with E-state index >= 15 is 0 Å². The fraction of sp³-hybridized carbons (Fsp3) is 0.448. The van der Waals surface area contributed by atoms with Crippen molar-refractivity contribution in [3.8, 4) is 11.5 Å². The van der Waals surface area contributed by atoms with E-state index in [0.29, 0.717) is 49.5 Å². The number of allylic oxidation sites excluding steroid dienone is 1. The fourth-order valence-electron chi connectivity index (χ4n) is 4.83. The standard InChI is InChI=1S/C29H34O5/c1-20-8-7-13-25(30)12-4-2-3-11-24-17-26(18-27(31)28(24)29(32)34-20)33-19-21-14-15-22-9-5-6-10-23(22)16-21/h3,5-6,9-11,17-18,20-21,31H,2,4,7-8,12-16,19H2,1H3/b11-3+/t20-,21?/m0/s1. The highest BCUT2D eigenvalue weighted by Gasteiger charge is 2.23. The fourth-order valence-corrected chi connectivity index (χ4v) is 4.83. The summed E-state index contributed by atoms with van der Waals surface area (Å²) in [6, 6.07) is 11.9. The summed E-state index contributed by atoms with van der Waals surface area (Å²) >= 11 is 0. The molecule has 1 N–H and O–H groups in total. The topological polar surface area (TPSA) is 72.8 Å². The van der Waals surface area contributed by atoms with Gasteiger partial charge >= 0.3 is 5.97 Å². The highest BCUT2D eigenvalue weighted by Crippen LogP contribution is 2.32. The number of esters is 1. The molecule has 0 bridgehead atoms. The zero-order chi connectivity index (χ0) is 23.9. The van der Waals surface area contributed by atoms with Gasteiger partial charge < -0.3 is 14.6 Å². The van der Waals surface area contributed by atoms with Crippen molar-refractivity contribution in [2.75, 3.05) is 6.61 Å². The quantitative estimate of drug-likeness (QED) is 0.562. The average Bonchev–Trinajstić information content (AvgIpc) is 2.81. The van der Waals surface area contributed by atoms with Crippen molar-refractivity contribution in [1.82, 2.24) is 0 Å². The molecule has 2 aromatic carbocycles. The van der Waals surface area contributed by atoms with Crippen LogP contribution in [0.4, 0.5) is 0 Å². The molecule has 2 aliphatic rings. The maximum absolute atomic E-state index is 12.9. The number of fused-ring (bicyclic) bond motifs is 2. The van der Waals surface area contributed by atoms with Crippen LogP contribution in [0.15, 0.2) is 42.5 Å². The molecule has 180 valence electrons. The lowest BCUT2D eigenvalue weighted by atomic mass is 9.84. The largest absolute Gasteiger partial charge is 0.507 e. The third-order valence-corrected chi connectivity index (χ3v) is 6.76. The Morgan fingerprint density at radius 3 is 2.68 bits per heavy atom. The van der Waals surface area contributed by atoms with Crippen molar-refractivity contribution in [1.29, 1.82) is 0 Å². The van der Waals surface area contributed by atoms with Crippen molar-refractivity contribution in [2.45, 2.75) is 70.8 Å². The van der Waals surface area contributed by atoms with Gasteiger partial charge in [0.2, 0.25) is 0 Å². The second-order valence-electron chi connectivity index (χ2n) is 9.54. The lowest BCUT2D eigenvalue weighted by molar-refractivity contribution is -0.119. The van der Waals surface area contributed by atoms with Crippen molar-refractivity contribution in [3.63, 3.8) is 0 Å². The molecule has 1 aliphatic carbocycles. The first-order chi connectivity index (χ1) is 16.5. The molecular formula is C29H34O5. The first-order valence-electron chi connectivity index (χ1n) is 12.5. The van der Waals surface area contributed by atoms with Gasteiger partial charge in [-0.1, -0.05) is 36.4 Å². The average molecular weight is 463 g/mol. The Bertz CT molecular complexity index is 1050. The summed E-state index contributed by atoms with van der Waals surface area (Å²) in [5.41, 5.74) is 3.54. The van der Waals surface area contributed by atoms with Crippen LogP contribution in [0.3, 0.4) is 0 Å². The van der Waals surface area contributed by atoms with Crippen LogP contribution in [0.2, 0.25) is 0 Å². The minimum atomic E-state index is -0.552. The van der Waals surface area contributed by atoms with E-state index < -0.39 is 5.97 Å². The van der Waals surface area contributed by atoms with Crippen molar-refractivity contribution >= 4 is 17.8 Å². The number of ether oxygens (including phenoxy) is 2. The van der Waals surface area contributed by atoms with Gasteiger partial charge in [0.25, 0.3) is 0 Å². The molecule has 0 saturated heterocycles. The normalized spacial score (nSPS) is 22.6. The molecule has 1 unspecified atom stereocenters. The molecule has 4 rings (SSSR count). The van der Waals surface area contributed by atoms with Crippen LogP contribution in [0.25, 0.3) is 6.08 Å². The minimum absolute atomic E-state index is 0.134. The van der Waals surface area contributed by atoms with Crippen LogP contribution < -0.4 is 4.74 Å². The molecule has 0 saturated carbocycles. The predicted octanol–water partition coefficient (Wildman–Crippen LogP) is 6.06. The highest BCUT2D eigenvalue weighted by molar-refractivity contribution is 5.97. The Balaban J connectivity index is 1.50. The molecule has 0 spiro atoms. The number of hydrogen-bond acceptors (Lipinski definition) is 5. The van der Waals surface area contributed by atoms with E-state index in [4.69, 9.17) is 9.47 Å². The summed E-state index contributed by atoms with van der Waals surface area (Å²) in [7, 11) is 0. The lowest BCUT2D eigenvalue weighted by Crippen LogP contribution is -2.21. The van der Waals surface area contributed by atoms with Gasteiger partial charge in [0.1, 0.15) is 22.8 Å². The molecule has 1 heterocycles. The van der Waals surface area contributed by atoms with Gasteiger partial charge in [-0.05, 0) is 80.5 Å². The van der Waals surface area contributed by atoms with Gasteiger partial charge in [0, 0.05) is 18.9 Å². The molecule has 0 aromatic heterocycles. The monoisotopic (exact) mass is 462 g/mol. The van der Waals surface area contributed by atoms with Crippen LogP contribution >= 0.6 is 0 Å². The molecule has 0 amide bonds. The van der Waals surface area contributed by atoms with Crippen molar-refractivity contribution in [3.05, 3.63) is 64.7 Å². The Hall–Kier alpha value is -3.08. The summed E-state index contributed by atoms with van der Waals surface area (Å²) in [6.45, 7) is 2.38. The first kappa shape index (κ1) is 24.1. The molecule has 34 heavy (non-hydrogen) atoms. The predicted molar refractivity (Wildman–Crippen MR) is 132 cm³/mol. The number of carbonyl (C=O) groups excluding carboxylic acids is 2. The summed E-state index contributed by atoms with van der Waals surface area (Å²) in [6.07, 6.45) is 10.4. The number of benzene rings is 2. The van der Waals surface area contributed by atoms with E-state index in [2.05, 4.69) is 24.3 Å². The van der Waals surface area contributed by atoms with Crippen LogP contribution in [0, 0.1) is 5.92 Å². The Morgan fingerprint density at radius 1 is 1.03 bits per heavy atom. The molecule has 2 aromatic rings. The number of aromatic hydroxyl groups is 1. The summed E-state index contributed by atoms with van der Waals surface area (Å²) in [4.78, 5) is 24.9. The summed E-state index contributed by atoms with van der Waals surface area (Å²) in [5.74, 6) is 0.513. The SMILES string of the molecule is C[C@H]1CCCC(=O)CCC/C=C/c2cc(OCC3CCc4ccccc4C3)cc(O)c2C(=O)O1. The van der Waals surface area contributed by atoms with E-state index in [1.54, 1.807) is 6.07 Å². The maximum Gasteiger partial charge on any atom is 0.342 e. The highest BCUT2D eigenvalue weighted by atomic mass is 16.5. The smallest absolute Gasteiger partial charge is 0.342 e. The number of rotatable bonds is 3. The Morgan fingerprint density at radius 2 is 1.82 bits per heavy atom. The number of phenolic OH excluding ortho intramolecular Hbond substituents is 1. The number of cyclic esters (lactones) is 1. The van der Waals surface area contributed by atoms with Gasteiger partial charge in [-0.25, -0.2) is 4.79 Å². The van der Waals surface area contributed by atoms with E-state index in [1.165, 1.54) is 17.2 Å². The zero-order valence-corrected chi connectivity index (χ0v) is 19.9. The summed E-state index contributed by atoms with van der Waals surface area (Å²) in [5, 5.41) is 10.7. The van der Waals surface area contributed by atoms with E-state index in [0.717, 1.165) is 32.1 Å². The molecule has 0 radical (unpaired) electrons. The van der Waals surface area contributed by atoms with E-state index in [1.807, 2.05) is 19.1 Å². The number of ketones is 1. The number of carbonyl (C=O) groups is 2. The number of hydrogen-bond donors (Lipinski definition) is 1. The van der Waals surface area contributed by atoms with Gasteiger partial charge in [-0.15, -0.1) is 0 Å². The Labute approximate surface area is 201 Å². The number of phenols is 1. The molecule has 2 atom stereocenters. The van der Waals surface area contributed by atoms with Gasteiger partial charge in [-0.3, -0.25) is 4.79 Å². The zero-order valence-electron chi connectivity index (χ0n) is 19.9. The first-order valence-corrected chi connectivity index (χ1v) is 12.5. The van der Waals surface area contributed by atoms with Gasteiger partial charge in [0.05, 0.1) is 12.7 Å².